The minimum atomic E-state index is -0.140. The lowest BCUT2D eigenvalue weighted by Gasteiger charge is -2.33. The van der Waals surface area contributed by atoms with Crippen molar-refractivity contribution in [3.05, 3.63) is 102 Å². The third kappa shape index (κ3) is 6.64. The van der Waals surface area contributed by atoms with Gasteiger partial charge in [-0.15, -0.1) is 0 Å². The lowest BCUT2D eigenvalue weighted by Crippen LogP contribution is -2.39. The van der Waals surface area contributed by atoms with Crippen molar-refractivity contribution in [1.82, 2.24) is 19.4 Å². The van der Waals surface area contributed by atoms with Crippen LogP contribution in [0.1, 0.15) is 46.7 Å². The highest BCUT2D eigenvalue weighted by Crippen LogP contribution is 2.41. The van der Waals surface area contributed by atoms with E-state index in [-0.39, 0.29) is 11.3 Å². The lowest BCUT2D eigenvalue weighted by atomic mass is 9.76. The zero-order valence-corrected chi connectivity index (χ0v) is 29.6. The van der Waals surface area contributed by atoms with Crippen molar-refractivity contribution in [2.24, 2.45) is 0 Å². The van der Waals surface area contributed by atoms with Crippen molar-refractivity contribution in [3.63, 3.8) is 0 Å². The van der Waals surface area contributed by atoms with Gasteiger partial charge in [0, 0.05) is 43.7 Å². The largest absolute Gasteiger partial charge is 0.493 e. The maximum absolute atomic E-state index is 14.0. The number of ether oxygens (including phenoxy) is 3. The molecule has 2 aliphatic heterocycles. The number of amides is 1. The van der Waals surface area contributed by atoms with Crippen molar-refractivity contribution in [1.29, 1.82) is 0 Å². The van der Waals surface area contributed by atoms with Crippen LogP contribution in [0.25, 0.3) is 11.0 Å². The number of para-hydroxylation sites is 2. The number of hydrogen-bond acceptors (Lipinski definition) is 8. The van der Waals surface area contributed by atoms with Crippen LogP contribution < -0.4 is 19.1 Å². The Morgan fingerprint density at radius 1 is 0.860 bits per heavy atom. The van der Waals surface area contributed by atoms with E-state index in [4.69, 9.17) is 23.6 Å². The molecule has 2 saturated heterocycles. The van der Waals surface area contributed by atoms with Gasteiger partial charge in [0.05, 0.1) is 38.9 Å². The summed E-state index contributed by atoms with van der Waals surface area (Å²) in [7, 11) is 4.71. The number of imidazole rings is 1. The molecule has 1 amide bonds. The number of hydrogen-bond donors (Lipinski definition) is 0. The van der Waals surface area contributed by atoms with E-state index in [1.807, 2.05) is 17.9 Å². The van der Waals surface area contributed by atoms with E-state index in [2.05, 4.69) is 75.0 Å². The van der Waals surface area contributed by atoms with Crippen LogP contribution in [-0.4, -0.2) is 92.4 Å². The van der Waals surface area contributed by atoms with Gasteiger partial charge in [0.2, 0.25) is 11.7 Å². The average molecular weight is 678 g/mol. The van der Waals surface area contributed by atoms with E-state index >= 15 is 0 Å². The molecule has 0 spiro atoms. The lowest BCUT2D eigenvalue weighted by molar-refractivity contribution is 0.0780. The van der Waals surface area contributed by atoms with E-state index in [1.54, 1.807) is 33.5 Å². The van der Waals surface area contributed by atoms with E-state index in [1.165, 1.54) is 5.56 Å². The molecule has 2 fully saturated rings. The highest BCUT2D eigenvalue weighted by molar-refractivity contribution is 5.96. The van der Waals surface area contributed by atoms with Gasteiger partial charge in [-0.1, -0.05) is 42.5 Å². The molecule has 2 aromatic heterocycles. The molecule has 4 heterocycles. The first-order chi connectivity index (χ1) is 24.4. The number of benzene rings is 3. The smallest absolute Gasteiger partial charge is 0.254 e. The summed E-state index contributed by atoms with van der Waals surface area (Å²) < 4.78 is 24.9. The summed E-state index contributed by atoms with van der Waals surface area (Å²) in [5, 5.41) is 0. The predicted octanol–water partition coefficient (Wildman–Crippen LogP) is 6.40. The number of aryl methyl sites for hydroxylation is 1. The SMILES string of the molecule is COc1cc(C(=O)N2CCC(CCN3CCCN(c4nc5ccccc5n4Cc4ccc(C)o4)CC3)(c3ccccc3)C2)cc(OC)c1OC. The number of carbonyl (C=O) groups is 1. The normalized spacial score (nSPS) is 18.4. The molecule has 1 unspecified atom stereocenters. The molecule has 0 aliphatic carbocycles. The molecule has 1 atom stereocenters. The number of nitrogens with zero attached hydrogens (tertiary/aromatic N) is 5. The Morgan fingerprint density at radius 2 is 1.62 bits per heavy atom. The fourth-order valence-electron chi connectivity index (χ4n) is 7.76. The molecular weight excluding hydrogens is 630 g/mol. The van der Waals surface area contributed by atoms with Crippen LogP contribution in [0.15, 0.2) is 83.3 Å². The minimum absolute atomic E-state index is 0.0277. The van der Waals surface area contributed by atoms with E-state index in [0.717, 1.165) is 80.5 Å². The second-order valence-electron chi connectivity index (χ2n) is 13.5. The molecule has 10 nitrogen and oxygen atoms in total. The monoisotopic (exact) mass is 677 g/mol. The van der Waals surface area contributed by atoms with Crippen molar-refractivity contribution >= 4 is 22.9 Å². The number of anilines is 1. The summed E-state index contributed by atoms with van der Waals surface area (Å²) in [6.07, 6.45) is 2.92. The summed E-state index contributed by atoms with van der Waals surface area (Å²) in [4.78, 5) is 26.1. The number of rotatable bonds is 11. The Kier molecular flexibility index (Phi) is 9.72. The zero-order chi connectivity index (χ0) is 34.7. The van der Waals surface area contributed by atoms with Crippen LogP contribution >= 0.6 is 0 Å². The summed E-state index contributed by atoms with van der Waals surface area (Å²) in [5.41, 5.74) is 3.80. The molecule has 0 saturated carbocycles. The first-order valence-electron chi connectivity index (χ1n) is 17.5. The fourth-order valence-corrected chi connectivity index (χ4v) is 7.76. The molecule has 262 valence electrons. The van der Waals surface area contributed by atoms with Gasteiger partial charge in [0.15, 0.2) is 11.5 Å². The fraction of sp³-hybridized carbons (Fsp3) is 0.400. The number of fused-ring (bicyclic) bond motifs is 1. The van der Waals surface area contributed by atoms with Crippen LogP contribution in [0.2, 0.25) is 0 Å². The molecule has 5 aromatic rings. The van der Waals surface area contributed by atoms with Crippen molar-refractivity contribution < 1.29 is 23.4 Å². The maximum Gasteiger partial charge on any atom is 0.254 e. The third-order valence-corrected chi connectivity index (χ3v) is 10.5. The van der Waals surface area contributed by atoms with Gasteiger partial charge in [-0.25, -0.2) is 4.98 Å². The zero-order valence-electron chi connectivity index (χ0n) is 29.6. The summed E-state index contributed by atoms with van der Waals surface area (Å²) in [6.45, 7) is 8.73. The summed E-state index contributed by atoms with van der Waals surface area (Å²) in [6, 6.07) is 26.7. The number of methoxy groups -OCH3 is 3. The quantitative estimate of drug-likeness (QED) is 0.159. The Bertz CT molecular complexity index is 1910. The van der Waals surface area contributed by atoms with E-state index in [0.29, 0.717) is 42.4 Å². The van der Waals surface area contributed by atoms with Gasteiger partial charge in [0.1, 0.15) is 11.5 Å². The summed E-state index contributed by atoms with van der Waals surface area (Å²) in [5.74, 6) is 4.26. The van der Waals surface area contributed by atoms with Crippen LogP contribution in [0, 0.1) is 6.92 Å². The molecule has 7 rings (SSSR count). The first-order valence-corrected chi connectivity index (χ1v) is 17.5. The van der Waals surface area contributed by atoms with Gasteiger partial charge in [-0.05, 0) is 81.2 Å². The molecule has 2 aliphatic rings. The standard InChI is InChI=1S/C40H47N5O5/c1-29-15-16-32(50-29)27-45-34-14-9-8-13-33(34)41-39(45)43-20-10-19-42(23-24-43)21-17-40(31-11-6-5-7-12-31)18-22-44(28-40)38(46)30-25-35(47-2)37(49-4)36(26-30)48-3/h5-9,11-16,25-26H,10,17-24,27-28H2,1-4H3. The van der Waals surface area contributed by atoms with Gasteiger partial charge in [-0.2, -0.15) is 0 Å². The highest BCUT2D eigenvalue weighted by Gasteiger charge is 2.42. The van der Waals surface area contributed by atoms with Crippen molar-refractivity contribution in [2.45, 2.75) is 38.1 Å². The minimum Gasteiger partial charge on any atom is -0.493 e. The Labute approximate surface area is 294 Å². The molecule has 10 heteroatoms. The Hall–Kier alpha value is -4.96. The van der Waals surface area contributed by atoms with Gasteiger partial charge in [-0.3, -0.25) is 4.79 Å². The van der Waals surface area contributed by atoms with E-state index < -0.39 is 0 Å². The van der Waals surface area contributed by atoms with Crippen LogP contribution in [-0.2, 0) is 12.0 Å². The number of furan rings is 1. The Balaban J connectivity index is 1.07. The van der Waals surface area contributed by atoms with Crippen LogP contribution in [0.5, 0.6) is 17.2 Å². The van der Waals surface area contributed by atoms with Crippen LogP contribution in [0.4, 0.5) is 5.95 Å². The second-order valence-corrected chi connectivity index (χ2v) is 13.5. The van der Waals surface area contributed by atoms with Gasteiger partial charge < -0.3 is 37.9 Å². The van der Waals surface area contributed by atoms with Crippen LogP contribution in [0.3, 0.4) is 0 Å². The molecule has 3 aromatic carbocycles. The topological polar surface area (TPSA) is 85.4 Å². The Morgan fingerprint density at radius 3 is 2.34 bits per heavy atom. The number of likely N-dealkylation sites (tertiary alicyclic amines) is 1. The first kappa shape index (κ1) is 33.5. The average Bonchev–Trinajstić information content (AvgIpc) is 3.83. The molecule has 0 bridgehead atoms. The molecule has 0 N–H and O–H groups in total. The summed E-state index contributed by atoms with van der Waals surface area (Å²) >= 11 is 0. The van der Waals surface area contributed by atoms with Gasteiger partial charge >= 0.3 is 0 Å². The maximum atomic E-state index is 14.0. The molecule has 50 heavy (non-hydrogen) atoms. The third-order valence-electron chi connectivity index (χ3n) is 10.5. The van der Waals surface area contributed by atoms with Crippen molar-refractivity contribution in [2.75, 3.05) is 72.0 Å². The predicted molar refractivity (Wildman–Crippen MR) is 195 cm³/mol. The highest BCUT2D eigenvalue weighted by atomic mass is 16.5. The van der Waals surface area contributed by atoms with Crippen molar-refractivity contribution in [3.8, 4) is 17.2 Å². The molecular formula is C40H47N5O5. The van der Waals surface area contributed by atoms with E-state index in [9.17, 15) is 4.79 Å². The van der Waals surface area contributed by atoms with Gasteiger partial charge in [0.25, 0.3) is 5.91 Å². The molecule has 0 radical (unpaired) electrons. The second kappa shape index (κ2) is 14.5. The number of aromatic nitrogens is 2. The number of carbonyl (C=O) groups excluding carboxylic acids is 1.